The van der Waals surface area contributed by atoms with E-state index in [2.05, 4.69) is 4.74 Å². The number of aliphatic carboxylic acids is 1. The van der Waals surface area contributed by atoms with E-state index in [9.17, 15) is 62.6 Å². The summed E-state index contributed by atoms with van der Waals surface area (Å²) >= 11 is 0. The SMILES string of the molecule is O=C(O)[C@@H]1CCN(C(=O)N2CC[C@](c3ccc(C(OCc4c(F)cccc4F)(C(F)(F)F)C(F)(F)F)cc3)(S(=O)(=O)c3ccc(F)cc3)C2)C1. The van der Waals surface area contributed by atoms with Crippen LogP contribution in [0.25, 0.3) is 0 Å². The summed E-state index contributed by atoms with van der Waals surface area (Å²) in [6.07, 6.45) is -12.8. The number of carbonyl (C=O) groups is 2. The Morgan fingerprint density at radius 1 is 0.840 bits per heavy atom. The third-order valence-electron chi connectivity index (χ3n) is 9.06. The average molecular weight is 739 g/mol. The van der Waals surface area contributed by atoms with Gasteiger partial charge in [0.1, 0.15) is 22.2 Å². The van der Waals surface area contributed by atoms with Gasteiger partial charge in [-0.1, -0.05) is 30.3 Å². The van der Waals surface area contributed by atoms with Crippen LogP contribution in [0.3, 0.4) is 0 Å². The number of carbonyl (C=O) groups excluding carboxylic acids is 1. The van der Waals surface area contributed by atoms with Crippen LogP contribution in [0.15, 0.2) is 71.6 Å². The molecular weight excluding hydrogens is 711 g/mol. The fourth-order valence-electron chi connectivity index (χ4n) is 6.32. The maximum Gasteiger partial charge on any atom is 0.430 e. The molecule has 0 unspecified atom stereocenters. The number of hydrogen-bond donors (Lipinski definition) is 1. The number of rotatable bonds is 8. The Morgan fingerprint density at radius 3 is 1.94 bits per heavy atom. The third kappa shape index (κ3) is 6.27. The Kier molecular flexibility index (Phi) is 9.68. The lowest BCUT2D eigenvalue weighted by Gasteiger charge is -2.38. The number of likely N-dealkylation sites (tertiary alicyclic amines) is 2. The van der Waals surface area contributed by atoms with Crippen molar-refractivity contribution < 1.29 is 67.4 Å². The van der Waals surface area contributed by atoms with Gasteiger partial charge in [-0.05, 0) is 54.8 Å². The highest BCUT2D eigenvalue weighted by Crippen LogP contribution is 2.54. The first-order valence-corrected chi connectivity index (χ1v) is 16.3. The van der Waals surface area contributed by atoms with Crippen LogP contribution in [0, 0.1) is 23.4 Å². The Morgan fingerprint density at radius 2 is 1.42 bits per heavy atom. The van der Waals surface area contributed by atoms with E-state index in [-0.39, 0.29) is 31.6 Å². The minimum Gasteiger partial charge on any atom is -0.481 e. The van der Waals surface area contributed by atoms with Crippen molar-refractivity contribution in [1.29, 1.82) is 0 Å². The van der Waals surface area contributed by atoms with E-state index < -0.39 is 104 Å². The highest BCUT2D eigenvalue weighted by atomic mass is 32.2. The molecule has 2 saturated heterocycles. The van der Waals surface area contributed by atoms with Gasteiger partial charge in [0.2, 0.25) is 0 Å². The molecule has 50 heavy (non-hydrogen) atoms. The standard InChI is InChI=1S/C32H27F9N2O6S/c33-22-8-10-23(11-9-22)50(47,48)29(13-15-43(18-29)28(46)42-14-12-19(16-42)27(44)45)20-4-6-21(7-5-20)30(31(36,37)38,32(39,40)41)49-17-24-25(34)2-1-3-26(24)35/h1-11,19H,12-18H2,(H,44,45)/t19-,29+/m1/s1. The lowest BCUT2D eigenvalue weighted by atomic mass is 9.88. The number of alkyl halides is 6. The molecule has 0 bridgehead atoms. The Hall–Kier alpha value is -4.32. The second-order valence-corrected chi connectivity index (χ2v) is 14.2. The van der Waals surface area contributed by atoms with Gasteiger partial charge in [0.25, 0.3) is 5.60 Å². The van der Waals surface area contributed by atoms with Crippen molar-refractivity contribution in [3.63, 3.8) is 0 Å². The normalized spacial score (nSPS) is 20.4. The van der Waals surface area contributed by atoms with Crippen LogP contribution in [0.5, 0.6) is 0 Å². The van der Waals surface area contributed by atoms with E-state index in [4.69, 9.17) is 0 Å². The molecule has 8 nitrogen and oxygen atoms in total. The maximum atomic E-state index is 14.5. The van der Waals surface area contributed by atoms with E-state index in [1.807, 2.05) is 0 Å². The van der Waals surface area contributed by atoms with E-state index in [1.165, 1.54) is 4.90 Å². The topological polar surface area (TPSA) is 104 Å². The zero-order valence-electron chi connectivity index (χ0n) is 25.6. The van der Waals surface area contributed by atoms with Gasteiger partial charge >= 0.3 is 24.4 Å². The number of carboxylic acids is 1. The number of nitrogens with zero attached hydrogens (tertiary/aromatic N) is 2. The third-order valence-corrected chi connectivity index (χ3v) is 11.5. The Balaban J connectivity index is 1.58. The molecule has 0 aromatic heterocycles. The highest BCUT2D eigenvalue weighted by molar-refractivity contribution is 7.92. The van der Waals surface area contributed by atoms with Crippen LogP contribution in [-0.4, -0.2) is 73.9 Å². The number of ether oxygens (including phenoxy) is 1. The van der Waals surface area contributed by atoms with Gasteiger partial charge in [0, 0.05) is 37.3 Å². The zero-order chi connectivity index (χ0) is 36.9. The number of benzene rings is 3. The molecular formula is C32H27F9N2O6S. The Labute approximate surface area is 279 Å². The summed E-state index contributed by atoms with van der Waals surface area (Å²) in [5.74, 6) is -5.75. The fourth-order valence-corrected chi connectivity index (χ4v) is 8.40. The molecule has 1 N–H and O–H groups in total. The van der Waals surface area contributed by atoms with Crippen LogP contribution in [0.1, 0.15) is 29.5 Å². The van der Waals surface area contributed by atoms with Crippen molar-refractivity contribution in [2.75, 3.05) is 26.2 Å². The fraction of sp³-hybridized carbons (Fsp3) is 0.375. The number of sulfone groups is 1. The Bertz CT molecular complexity index is 1830. The lowest BCUT2D eigenvalue weighted by Crippen LogP contribution is -2.56. The van der Waals surface area contributed by atoms with Crippen molar-refractivity contribution in [1.82, 2.24) is 9.80 Å². The molecule has 2 atom stereocenters. The van der Waals surface area contributed by atoms with Gasteiger partial charge in [-0.15, -0.1) is 0 Å². The molecule has 270 valence electrons. The molecule has 0 saturated carbocycles. The molecule has 5 rings (SSSR count). The van der Waals surface area contributed by atoms with Crippen molar-refractivity contribution in [3.05, 3.63) is 101 Å². The monoisotopic (exact) mass is 738 g/mol. The van der Waals surface area contributed by atoms with Gasteiger partial charge in [0.15, 0.2) is 9.84 Å². The van der Waals surface area contributed by atoms with Crippen LogP contribution in [0.4, 0.5) is 44.3 Å². The van der Waals surface area contributed by atoms with Gasteiger partial charge < -0.3 is 19.6 Å². The first-order valence-electron chi connectivity index (χ1n) is 14.8. The van der Waals surface area contributed by atoms with E-state index in [0.29, 0.717) is 36.4 Å². The number of urea groups is 1. The summed E-state index contributed by atoms with van der Waals surface area (Å²) in [4.78, 5) is 26.6. The maximum absolute atomic E-state index is 14.5. The van der Waals surface area contributed by atoms with E-state index in [0.717, 1.165) is 35.2 Å². The predicted octanol–water partition coefficient (Wildman–Crippen LogP) is 6.54. The molecule has 18 heteroatoms. The second kappa shape index (κ2) is 13.1. The summed E-state index contributed by atoms with van der Waals surface area (Å²) in [5.41, 5.74) is -8.25. The molecule has 2 fully saturated rings. The quantitative estimate of drug-likeness (QED) is 0.208. The second-order valence-electron chi connectivity index (χ2n) is 11.9. The van der Waals surface area contributed by atoms with Crippen LogP contribution in [0.2, 0.25) is 0 Å². The van der Waals surface area contributed by atoms with Crippen LogP contribution >= 0.6 is 0 Å². The predicted molar refractivity (Wildman–Crippen MR) is 156 cm³/mol. The molecule has 3 aromatic rings. The molecule has 2 aliphatic heterocycles. The van der Waals surface area contributed by atoms with Crippen LogP contribution < -0.4 is 0 Å². The van der Waals surface area contributed by atoms with Gasteiger partial charge in [-0.25, -0.2) is 26.4 Å². The minimum atomic E-state index is -6.26. The van der Waals surface area contributed by atoms with E-state index in [1.54, 1.807) is 0 Å². The van der Waals surface area contributed by atoms with Gasteiger partial charge in [-0.3, -0.25) is 4.79 Å². The molecule has 3 aromatic carbocycles. The van der Waals surface area contributed by atoms with Gasteiger partial charge in [-0.2, -0.15) is 26.3 Å². The summed E-state index contributed by atoms with van der Waals surface area (Å²) in [6.45, 7) is -2.84. The number of amides is 2. The van der Waals surface area contributed by atoms with Gasteiger partial charge in [0.05, 0.1) is 17.4 Å². The van der Waals surface area contributed by atoms with Crippen molar-refractivity contribution >= 4 is 21.8 Å². The highest BCUT2D eigenvalue weighted by Gasteiger charge is 2.73. The molecule has 2 aliphatic rings. The van der Waals surface area contributed by atoms with Crippen molar-refractivity contribution in [2.24, 2.45) is 5.92 Å². The van der Waals surface area contributed by atoms with Crippen molar-refractivity contribution in [2.45, 2.75) is 47.0 Å². The number of halogens is 9. The largest absolute Gasteiger partial charge is 0.481 e. The number of carboxylic acid groups (broad SMARTS) is 1. The summed E-state index contributed by atoms with van der Waals surface area (Å²) in [5, 5.41) is 9.32. The molecule has 0 radical (unpaired) electrons. The first kappa shape index (κ1) is 36.9. The number of hydrogen-bond acceptors (Lipinski definition) is 5. The van der Waals surface area contributed by atoms with Crippen molar-refractivity contribution in [3.8, 4) is 0 Å². The molecule has 2 heterocycles. The minimum absolute atomic E-state index is 0.0342. The summed E-state index contributed by atoms with van der Waals surface area (Å²) in [6, 6.07) is 6.88. The lowest BCUT2D eigenvalue weighted by molar-refractivity contribution is -0.392. The summed E-state index contributed by atoms with van der Waals surface area (Å²) < 4.78 is 160. The summed E-state index contributed by atoms with van der Waals surface area (Å²) in [7, 11) is -4.68. The molecule has 0 aliphatic carbocycles. The zero-order valence-corrected chi connectivity index (χ0v) is 26.4. The molecule has 0 spiro atoms. The first-order chi connectivity index (χ1) is 23.2. The molecule has 2 amide bonds. The van der Waals surface area contributed by atoms with E-state index >= 15 is 0 Å². The smallest absolute Gasteiger partial charge is 0.430 e. The van der Waals surface area contributed by atoms with Crippen LogP contribution in [-0.2, 0) is 36.3 Å². The average Bonchev–Trinajstić information content (AvgIpc) is 3.71.